The lowest BCUT2D eigenvalue weighted by molar-refractivity contribution is 0.600. The number of rotatable bonds is 3. The molecule has 2 aromatic rings. The Morgan fingerprint density at radius 1 is 1.10 bits per heavy atom. The normalized spacial score (nSPS) is 14.1. The summed E-state index contributed by atoms with van der Waals surface area (Å²) in [6.07, 6.45) is 5.25. The first-order valence-corrected chi connectivity index (χ1v) is 7.78. The Balaban J connectivity index is 1.92. The van der Waals surface area contributed by atoms with E-state index in [-0.39, 0.29) is 10.6 Å². The molecule has 1 aromatic carbocycles. The van der Waals surface area contributed by atoms with Gasteiger partial charge in [-0.2, -0.15) is 0 Å². The Kier molecular flexibility index (Phi) is 3.17. The molecule has 0 fully saturated rings. The number of hydrogen-bond donors (Lipinski definition) is 1. The van der Waals surface area contributed by atoms with Crippen LogP contribution in [0.2, 0.25) is 0 Å². The molecule has 104 valence electrons. The van der Waals surface area contributed by atoms with Crippen LogP contribution in [0.15, 0.2) is 41.6 Å². The number of nitrogens with zero attached hydrogens (tertiary/aromatic N) is 1. The lowest BCUT2D eigenvalue weighted by atomic mass is 10.1. The molecule has 0 saturated heterocycles. The number of benzene rings is 1. The van der Waals surface area contributed by atoms with Crippen molar-refractivity contribution in [3.63, 3.8) is 0 Å². The number of nitrogens with one attached hydrogen (secondary N) is 1. The molecule has 3 rings (SSSR count). The zero-order valence-electron chi connectivity index (χ0n) is 10.6. The highest BCUT2D eigenvalue weighted by molar-refractivity contribution is 7.92. The maximum absolute atomic E-state index is 13.0. The molecule has 0 spiro atoms. The first kappa shape index (κ1) is 13.1. The summed E-state index contributed by atoms with van der Waals surface area (Å²) in [4.78, 5) is 3.81. The summed E-state index contributed by atoms with van der Waals surface area (Å²) in [7, 11) is -3.71. The van der Waals surface area contributed by atoms with Crippen LogP contribution in [0.1, 0.15) is 17.5 Å². The quantitative estimate of drug-likeness (QED) is 0.945. The third-order valence-corrected chi connectivity index (χ3v) is 4.72. The molecule has 6 heteroatoms. The van der Waals surface area contributed by atoms with Gasteiger partial charge in [0.1, 0.15) is 5.82 Å². The van der Waals surface area contributed by atoms with Gasteiger partial charge in [0, 0.05) is 6.07 Å². The van der Waals surface area contributed by atoms with E-state index in [1.54, 1.807) is 12.1 Å². The van der Waals surface area contributed by atoms with E-state index >= 15 is 0 Å². The molecule has 0 aliphatic heterocycles. The van der Waals surface area contributed by atoms with Crippen molar-refractivity contribution >= 4 is 15.7 Å². The summed E-state index contributed by atoms with van der Waals surface area (Å²) in [5.74, 6) is -0.584. The van der Waals surface area contributed by atoms with Crippen molar-refractivity contribution < 1.29 is 12.8 Å². The van der Waals surface area contributed by atoms with E-state index in [0.29, 0.717) is 0 Å². The Bertz CT molecular complexity index is 760. The standard InChI is InChI=1S/C14H13FN2O2S/c15-12-7-13(9-16-8-12)17-20(18,19)14-5-4-10-2-1-3-11(10)6-14/h4-9,17H,1-3H2. The maximum atomic E-state index is 13.0. The highest BCUT2D eigenvalue weighted by Gasteiger charge is 2.18. The number of aryl methyl sites for hydroxylation is 2. The van der Waals surface area contributed by atoms with Crippen molar-refractivity contribution in [2.45, 2.75) is 24.2 Å². The summed E-state index contributed by atoms with van der Waals surface area (Å²) in [5, 5.41) is 0. The van der Waals surface area contributed by atoms with Crippen LogP contribution in [0.5, 0.6) is 0 Å². The number of anilines is 1. The van der Waals surface area contributed by atoms with E-state index in [1.165, 1.54) is 11.8 Å². The lowest BCUT2D eigenvalue weighted by Crippen LogP contribution is -2.13. The van der Waals surface area contributed by atoms with E-state index < -0.39 is 15.8 Å². The fourth-order valence-electron chi connectivity index (χ4n) is 2.40. The maximum Gasteiger partial charge on any atom is 0.261 e. The van der Waals surface area contributed by atoms with E-state index in [9.17, 15) is 12.8 Å². The zero-order chi connectivity index (χ0) is 14.2. The molecule has 1 aromatic heterocycles. The van der Waals surface area contributed by atoms with Crippen molar-refractivity contribution in [1.82, 2.24) is 4.98 Å². The van der Waals surface area contributed by atoms with Crippen LogP contribution in [0.3, 0.4) is 0 Å². The van der Waals surface area contributed by atoms with Crippen LogP contribution in [0.4, 0.5) is 10.1 Å². The summed E-state index contributed by atoms with van der Waals surface area (Å²) in [5.41, 5.74) is 2.40. The summed E-state index contributed by atoms with van der Waals surface area (Å²) >= 11 is 0. The first-order valence-electron chi connectivity index (χ1n) is 6.30. The fourth-order valence-corrected chi connectivity index (χ4v) is 3.48. The minimum absolute atomic E-state index is 0.116. The van der Waals surface area contributed by atoms with Gasteiger partial charge in [0.05, 0.1) is 23.0 Å². The van der Waals surface area contributed by atoms with Crippen LogP contribution in [0.25, 0.3) is 0 Å². The SMILES string of the molecule is O=S(=O)(Nc1cncc(F)c1)c1ccc2c(c1)CCC2. The Labute approximate surface area is 116 Å². The van der Waals surface area contributed by atoms with Crippen LogP contribution >= 0.6 is 0 Å². The second-order valence-corrected chi connectivity index (χ2v) is 6.46. The van der Waals surface area contributed by atoms with Crippen LogP contribution in [-0.2, 0) is 22.9 Å². The van der Waals surface area contributed by atoms with Gasteiger partial charge >= 0.3 is 0 Å². The smallest absolute Gasteiger partial charge is 0.261 e. The van der Waals surface area contributed by atoms with Crippen LogP contribution in [0, 0.1) is 5.82 Å². The van der Waals surface area contributed by atoms with Crippen molar-refractivity contribution in [1.29, 1.82) is 0 Å². The molecule has 0 saturated carbocycles. The van der Waals surface area contributed by atoms with E-state index in [1.807, 2.05) is 6.07 Å². The molecule has 0 atom stereocenters. The van der Waals surface area contributed by atoms with E-state index in [0.717, 1.165) is 37.1 Å². The number of pyridine rings is 1. The second kappa shape index (κ2) is 4.86. The predicted molar refractivity (Wildman–Crippen MR) is 73.5 cm³/mol. The van der Waals surface area contributed by atoms with Crippen LogP contribution in [-0.4, -0.2) is 13.4 Å². The first-order chi connectivity index (χ1) is 9.54. The molecule has 0 amide bonds. The van der Waals surface area contributed by atoms with Crippen molar-refractivity contribution in [3.05, 3.63) is 53.6 Å². The Hall–Kier alpha value is -1.95. The second-order valence-electron chi connectivity index (χ2n) is 4.78. The van der Waals surface area contributed by atoms with Gasteiger partial charge in [0.15, 0.2) is 0 Å². The lowest BCUT2D eigenvalue weighted by Gasteiger charge is -2.09. The third-order valence-electron chi connectivity index (χ3n) is 3.34. The molecule has 4 nitrogen and oxygen atoms in total. The van der Waals surface area contributed by atoms with Gasteiger partial charge in [-0.05, 0) is 42.5 Å². The largest absolute Gasteiger partial charge is 0.278 e. The third kappa shape index (κ3) is 2.51. The average Bonchev–Trinajstić information content (AvgIpc) is 2.85. The van der Waals surface area contributed by atoms with Gasteiger partial charge < -0.3 is 0 Å². The molecule has 0 bridgehead atoms. The topological polar surface area (TPSA) is 59.1 Å². The van der Waals surface area contributed by atoms with Crippen molar-refractivity contribution in [2.75, 3.05) is 4.72 Å². The van der Waals surface area contributed by atoms with Crippen LogP contribution < -0.4 is 4.72 Å². The van der Waals surface area contributed by atoms with Gasteiger partial charge in [-0.15, -0.1) is 0 Å². The van der Waals surface area contributed by atoms with E-state index in [4.69, 9.17) is 0 Å². The number of aromatic nitrogens is 1. The Morgan fingerprint density at radius 2 is 1.90 bits per heavy atom. The molecule has 1 N–H and O–H groups in total. The predicted octanol–water partition coefficient (Wildman–Crippen LogP) is 2.51. The summed E-state index contributed by atoms with van der Waals surface area (Å²) in [6, 6.07) is 6.22. The monoisotopic (exact) mass is 292 g/mol. The van der Waals surface area contributed by atoms with Crippen molar-refractivity contribution in [3.8, 4) is 0 Å². The van der Waals surface area contributed by atoms with Gasteiger partial charge in [0.2, 0.25) is 0 Å². The van der Waals surface area contributed by atoms with Gasteiger partial charge in [0.25, 0.3) is 10.0 Å². The molecule has 1 aliphatic rings. The number of sulfonamides is 1. The Morgan fingerprint density at radius 3 is 2.70 bits per heavy atom. The minimum atomic E-state index is -3.71. The fraction of sp³-hybridized carbons (Fsp3) is 0.214. The molecule has 1 aliphatic carbocycles. The summed E-state index contributed by atoms with van der Waals surface area (Å²) < 4.78 is 39.9. The molecule has 20 heavy (non-hydrogen) atoms. The minimum Gasteiger partial charge on any atom is -0.278 e. The molecule has 1 heterocycles. The summed E-state index contributed by atoms with van der Waals surface area (Å²) in [6.45, 7) is 0. The highest BCUT2D eigenvalue weighted by atomic mass is 32.2. The van der Waals surface area contributed by atoms with Gasteiger partial charge in [-0.3, -0.25) is 9.71 Å². The van der Waals surface area contributed by atoms with Crippen molar-refractivity contribution in [2.24, 2.45) is 0 Å². The van der Waals surface area contributed by atoms with E-state index in [2.05, 4.69) is 9.71 Å². The average molecular weight is 292 g/mol. The number of hydrogen-bond acceptors (Lipinski definition) is 3. The number of halogens is 1. The zero-order valence-corrected chi connectivity index (χ0v) is 11.5. The molecule has 0 unspecified atom stereocenters. The molecule has 0 radical (unpaired) electrons. The van der Waals surface area contributed by atoms with Gasteiger partial charge in [-0.25, -0.2) is 12.8 Å². The highest BCUT2D eigenvalue weighted by Crippen LogP contribution is 2.25. The van der Waals surface area contributed by atoms with Gasteiger partial charge in [-0.1, -0.05) is 6.07 Å². The number of fused-ring (bicyclic) bond motifs is 1. The molecular formula is C14H13FN2O2S. The molecular weight excluding hydrogens is 279 g/mol.